The molecule has 5 unspecified atom stereocenters. The quantitative estimate of drug-likeness (QED) is 0.441. The first kappa shape index (κ1) is 15.6. The molecule has 1 aromatic rings. The second-order valence-corrected chi connectivity index (χ2v) is 11.5. The summed E-state index contributed by atoms with van der Waals surface area (Å²) in [6.45, 7) is 0. The van der Waals surface area contributed by atoms with Gasteiger partial charge in [0.2, 0.25) is 0 Å². The van der Waals surface area contributed by atoms with Crippen molar-refractivity contribution in [2.75, 3.05) is 0 Å². The lowest BCUT2D eigenvalue weighted by atomic mass is 9.81. The van der Waals surface area contributed by atoms with Gasteiger partial charge in [0.25, 0.3) is 0 Å². The predicted octanol–water partition coefficient (Wildman–Crippen LogP) is 6.08. The highest BCUT2D eigenvalue weighted by Crippen LogP contribution is 2.61. The van der Waals surface area contributed by atoms with Crippen LogP contribution in [0.4, 0.5) is 0 Å². The van der Waals surface area contributed by atoms with Crippen LogP contribution in [0.15, 0.2) is 30.3 Å². The van der Waals surface area contributed by atoms with Crippen LogP contribution in [0.25, 0.3) is 0 Å². The SMILES string of the molecule is BrC1CCC(P(c2ccccc2)C2CCCC2)C2CCCC12. The van der Waals surface area contributed by atoms with Gasteiger partial charge in [-0.3, -0.25) is 0 Å². The highest BCUT2D eigenvalue weighted by Gasteiger charge is 2.46. The molecule has 3 aliphatic carbocycles. The smallest absolute Gasteiger partial charge is 0.0177 e. The molecule has 0 saturated heterocycles. The third kappa shape index (κ3) is 2.93. The molecule has 4 rings (SSSR count). The largest absolute Gasteiger partial charge is 0.0888 e. The van der Waals surface area contributed by atoms with Crippen LogP contribution >= 0.6 is 23.9 Å². The van der Waals surface area contributed by atoms with Gasteiger partial charge in [0.1, 0.15) is 0 Å². The van der Waals surface area contributed by atoms with Crippen LogP contribution in [0, 0.1) is 11.8 Å². The topological polar surface area (TPSA) is 0 Å². The fourth-order valence-corrected chi connectivity index (χ4v) is 10.4. The predicted molar refractivity (Wildman–Crippen MR) is 102 cm³/mol. The molecule has 3 fully saturated rings. The van der Waals surface area contributed by atoms with E-state index in [9.17, 15) is 0 Å². The van der Waals surface area contributed by atoms with Crippen LogP contribution in [0.2, 0.25) is 0 Å². The maximum Gasteiger partial charge on any atom is 0.0177 e. The van der Waals surface area contributed by atoms with Gasteiger partial charge >= 0.3 is 0 Å². The van der Waals surface area contributed by atoms with Gasteiger partial charge in [0.05, 0.1) is 0 Å². The minimum absolute atomic E-state index is 0.0533. The average Bonchev–Trinajstić information content (AvgIpc) is 3.23. The Bertz CT molecular complexity index is 482. The fraction of sp³-hybridized carbons (Fsp3) is 0.700. The summed E-state index contributed by atoms with van der Waals surface area (Å²) in [5.74, 6) is 2.00. The molecule has 1 aromatic carbocycles. The Morgan fingerprint density at radius 2 is 1.50 bits per heavy atom. The van der Waals surface area contributed by atoms with Gasteiger partial charge in [-0.1, -0.05) is 73.4 Å². The van der Waals surface area contributed by atoms with E-state index in [4.69, 9.17) is 0 Å². The lowest BCUT2D eigenvalue weighted by Crippen LogP contribution is -2.37. The molecule has 0 bridgehead atoms. The highest BCUT2D eigenvalue weighted by molar-refractivity contribution is 9.09. The van der Waals surface area contributed by atoms with Crippen LogP contribution in [-0.4, -0.2) is 16.1 Å². The molecule has 120 valence electrons. The normalized spacial score (nSPS) is 37.1. The van der Waals surface area contributed by atoms with Crippen molar-refractivity contribution in [3.8, 4) is 0 Å². The van der Waals surface area contributed by atoms with Crippen LogP contribution in [0.3, 0.4) is 0 Å². The molecule has 2 heteroatoms. The van der Waals surface area contributed by atoms with Gasteiger partial charge in [0, 0.05) is 4.83 Å². The summed E-state index contributed by atoms with van der Waals surface area (Å²) in [7, 11) is 0.0533. The van der Waals surface area contributed by atoms with E-state index in [0.29, 0.717) is 0 Å². The van der Waals surface area contributed by atoms with Crippen molar-refractivity contribution >= 4 is 29.2 Å². The van der Waals surface area contributed by atoms with E-state index in [-0.39, 0.29) is 7.92 Å². The molecular formula is C20H28BrP. The maximum absolute atomic E-state index is 4.02. The molecular weight excluding hydrogens is 351 g/mol. The molecule has 0 aliphatic heterocycles. The second-order valence-electron chi connectivity index (χ2n) is 7.60. The average molecular weight is 379 g/mol. The number of rotatable bonds is 3. The van der Waals surface area contributed by atoms with Gasteiger partial charge in [-0.25, -0.2) is 0 Å². The van der Waals surface area contributed by atoms with Gasteiger partial charge in [-0.2, -0.15) is 0 Å². The summed E-state index contributed by atoms with van der Waals surface area (Å²) in [6, 6.07) is 11.7. The van der Waals surface area contributed by atoms with Crippen LogP contribution in [0.5, 0.6) is 0 Å². The Hall–Kier alpha value is 0.130. The van der Waals surface area contributed by atoms with Gasteiger partial charge in [-0.05, 0) is 67.0 Å². The van der Waals surface area contributed by atoms with E-state index in [2.05, 4.69) is 46.3 Å². The third-order valence-corrected chi connectivity index (χ3v) is 11.1. The maximum atomic E-state index is 4.02. The molecule has 0 N–H and O–H groups in total. The van der Waals surface area contributed by atoms with Gasteiger partial charge in [0.15, 0.2) is 0 Å². The Labute approximate surface area is 145 Å². The monoisotopic (exact) mass is 378 g/mol. The van der Waals surface area contributed by atoms with Crippen molar-refractivity contribution in [1.29, 1.82) is 0 Å². The zero-order chi connectivity index (χ0) is 14.9. The van der Waals surface area contributed by atoms with Crippen molar-refractivity contribution in [3.05, 3.63) is 30.3 Å². The third-order valence-electron chi connectivity index (χ3n) is 6.45. The minimum Gasteiger partial charge on any atom is -0.0888 e. The first-order valence-electron chi connectivity index (χ1n) is 9.32. The zero-order valence-electron chi connectivity index (χ0n) is 13.5. The first-order valence-corrected chi connectivity index (χ1v) is 11.7. The molecule has 5 atom stereocenters. The van der Waals surface area contributed by atoms with E-state index in [1.807, 2.05) is 0 Å². The molecule has 0 spiro atoms. The highest BCUT2D eigenvalue weighted by atomic mass is 79.9. The van der Waals surface area contributed by atoms with Gasteiger partial charge < -0.3 is 0 Å². The molecule has 0 heterocycles. The van der Waals surface area contributed by atoms with E-state index in [1.165, 1.54) is 57.8 Å². The standard InChI is InChI=1S/C20H28BrP/c21-19-13-14-20(18-12-6-11-17(18)19)22(16-9-4-5-10-16)15-7-2-1-3-8-15/h1-3,7-8,16-20H,4-6,9-14H2. The van der Waals surface area contributed by atoms with Crippen molar-refractivity contribution in [2.45, 2.75) is 73.9 Å². The lowest BCUT2D eigenvalue weighted by Gasteiger charge is -2.44. The fourth-order valence-electron chi connectivity index (χ4n) is 5.50. The number of fused-ring (bicyclic) bond motifs is 1. The Morgan fingerprint density at radius 1 is 0.773 bits per heavy atom. The van der Waals surface area contributed by atoms with Crippen LogP contribution < -0.4 is 5.30 Å². The number of alkyl halides is 1. The van der Waals surface area contributed by atoms with Crippen molar-refractivity contribution in [1.82, 2.24) is 0 Å². The second kappa shape index (κ2) is 6.94. The summed E-state index contributed by atoms with van der Waals surface area (Å²) in [5.41, 5.74) is 2.04. The summed E-state index contributed by atoms with van der Waals surface area (Å²) >= 11 is 4.02. The molecule has 0 amide bonds. The molecule has 0 nitrogen and oxygen atoms in total. The Kier molecular flexibility index (Phi) is 4.93. The van der Waals surface area contributed by atoms with E-state index >= 15 is 0 Å². The first-order chi connectivity index (χ1) is 10.8. The van der Waals surface area contributed by atoms with Crippen molar-refractivity contribution in [3.63, 3.8) is 0 Å². The number of benzene rings is 1. The van der Waals surface area contributed by atoms with Crippen molar-refractivity contribution < 1.29 is 0 Å². The van der Waals surface area contributed by atoms with Crippen molar-refractivity contribution in [2.24, 2.45) is 11.8 Å². The number of halogens is 1. The summed E-state index contributed by atoms with van der Waals surface area (Å²) in [4.78, 5) is 0.812. The lowest BCUT2D eigenvalue weighted by molar-refractivity contribution is 0.296. The molecule has 0 radical (unpaired) electrons. The van der Waals surface area contributed by atoms with E-state index < -0.39 is 0 Å². The van der Waals surface area contributed by atoms with E-state index in [0.717, 1.165) is 28.0 Å². The number of hydrogen-bond acceptors (Lipinski definition) is 0. The summed E-state index contributed by atoms with van der Waals surface area (Å²) < 4.78 is 0. The van der Waals surface area contributed by atoms with Crippen LogP contribution in [0.1, 0.15) is 57.8 Å². The van der Waals surface area contributed by atoms with Gasteiger partial charge in [-0.15, -0.1) is 0 Å². The minimum atomic E-state index is 0.0533. The molecule has 22 heavy (non-hydrogen) atoms. The number of hydrogen-bond donors (Lipinski definition) is 0. The molecule has 0 aromatic heterocycles. The van der Waals surface area contributed by atoms with Crippen LogP contribution in [-0.2, 0) is 0 Å². The molecule has 3 saturated carbocycles. The zero-order valence-corrected chi connectivity index (χ0v) is 15.9. The van der Waals surface area contributed by atoms with E-state index in [1.54, 1.807) is 5.30 Å². The Balaban J connectivity index is 1.65. The Morgan fingerprint density at radius 3 is 2.27 bits per heavy atom. The summed E-state index contributed by atoms with van der Waals surface area (Å²) in [5, 5.41) is 1.72. The summed E-state index contributed by atoms with van der Waals surface area (Å²) in [6.07, 6.45) is 13.4. The molecule has 3 aliphatic rings.